The number of rotatable bonds is 4. The second-order valence-corrected chi connectivity index (χ2v) is 8.25. The van der Waals surface area contributed by atoms with Crippen molar-refractivity contribution >= 4 is 38.8 Å². The Labute approximate surface area is 130 Å². The van der Waals surface area contributed by atoms with Gasteiger partial charge in [-0.05, 0) is 24.5 Å². The first-order valence-electron chi connectivity index (χ1n) is 6.07. The Morgan fingerprint density at radius 1 is 1.40 bits per heavy atom. The molecule has 0 bridgehead atoms. The van der Waals surface area contributed by atoms with Crippen molar-refractivity contribution in [3.05, 3.63) is 28.8 Å². The number of sulfonamides is 1. The van der Waals surface area contributed by atoms with E-state index in [2.05, 4.69) is 4.72 Å². The third-order valence-electron chi connectivity index (χ3n) is 3.14. The lowest BCUT2D eigenvalue weighted by molar-refractivity contribution is 0.317. The monoisotopic (exact) mass is 334 g/mol. The predicted molar refractivity (Wildman–Crippen MR) is 86.6 cm³/mol. The van der Waals surface area contributed by atoms with Crippen LogP contribution in [0.4, 0.5) is 0 Å². The van der Waals surface area contributed by atoms with E-state index < -0.39 is 10.0 Å². The summed E-state index contributed by atoms with van der Waals surface area (Å²) in [5.41, 5.74) is 5.78. The lowest BCUT2D eigenvalue weighted by atomic mass is 9.89. The highest BCUT2D eigenvalue weighted by atomic mass is 35.5. The van der Waals surface area contributed by atoms with E-state index in [1.807, 2.05) is 27.7 Å². The van der Waals surface area contributed by atoms with Crippen LogP contribution in [0.25, 0.3) is 0 Å². The maximum atomic E-state index is 12.4. The molecule has 0 aliphatic carbocycles. The molecule has 0 aliphatic rings. The molecular weight excluding hydrogens is 316 g/mol. The molecule has 1 aromatic carbocycles. The first kappa shape index (κ1) is 17.4. The van der Waals surface area contributed by atoms with Crippen molar-refractivity contribution in [1.29, 1.82) is 0 Å². The molecule has 1 atom stereocenters. The van der Waals surface area contributed by atoms with E-state index in [-0.39, 0.29) is 26.4 Å². The van der Waals surface area contributed by atoms with Crippen LogP contribution >= 0.6 is 23.8 Å². The summed E-state index contributed by atoms with van der Waals surface area (Å²) in [7, 11) is -3.73. The summed E-state index contributed by atoms with van der Waals surface area (Å²) in [6.45, 7) is 7.66. The van der Waals surface area contributed by atoms with Crippen LogP contribution in [0.2, 0.25) is 5.02 Å². The molecule has 0 saturated heterocycles. The minimum atomic E-state index is -3.73. The van der Waals surface area contributed by atoms with Crippen LogP contribution < -0.4 is 10.5 Å². The second-order valence-electron chi connectivity index (χ2n) is 5.72. The van der Waals surface area contributed by atoms with Gasteiger partial charge in [-0.25, -0.2) is 13.1 Å². The van der Waals surface area contributed by atoms with Crippen LogP contribution in [0.3, 0.4) is 0 Å². The summed E-state index contributed by atoms with van der Waals surface area (Å²) in [5.74, 6) is 0. The fraction of sp³-hybridized carbons (Fsp3) is 0.462. The average Bonchev–Trinajstić information content (AvgIpc) is 2.26. The molecule has 0 amide bonds. The fourth-order valence-corrected chi connectivity index (χ4v) is 3.44. The van der Waals surface area contributed by atoms with Crippen molar-refractivity contribution in [2.45, 2.75) is 38.6 Å². The normalized spacial score (nSPS) is 14.1. The molecule has 0 saturated carbocycles. The Kier molecular flexibility index (Phi) is 5.18. The van der Waals surface area contributed by atoms with Crippen molar-refractivity contribution in [2.75, 3.05) is 0 Å². The van der Waals surface area contributed by atoms with Gasteiger partial charge in [-0.15, -0.1) is 0 Å². The van der Waals surface area contributed by atoms with Gasteiger partial charge in [0.05, 0.1) is 5.02 Å². The second kappa shape index (κ2) is 5.97. The van der Waals surface area contributed by atoms with Crippen LogP contribution in [0, 0.1) is 5.41 Å². The molecule has 1 aromatic rings. The maximum Gasteiger partial charge on any atom is 0.242 e. The van der Waals surface area contributed by atoms with Gasteiger partial charge in [-0.3, -0.25) is 0 Å². The fourth-order valence-electron chi connectivity index (χ4n) is 1.34. The molecule has 20 heavy (non-hydrogen) atoms. The predicted octanol–water partition coefficient (Wildman–Crippen LogP) is 2.69. The van der Waals surface area contributed by atoms with E-state index in [4.69, 9.17) is 29.6 Å². The highest BCUT2D eigenvalue weighted by Gasteiger charge is 2.27. The topological polar surface area (TPSA) is 72.2 Å². The molecule has 0 radical (unpaired) electrons. The summed E-state index contributed by atoms with van der Waals surface area (Å²) < 4.78 is 27.4. The van der Waals surface area contributed by atoms with Gasteiger partial charge in [-0.2, -0.15) is 0 Å². The van der Waals surface area contributed by atoms with Crippen molar-refractivity contribution in [3.8, 4) is 0 Å². The third-order valence-corrected chi connectivity index (χ3v) is 5.39. The lowest BCUT2D eigenvalue weighted by Gasteiger charge is -2.28. The largest absolute Gasteiger partial charge is 0.389 e. The maximum absolute atomic E-state index is 12.4. The minimum Gasteiger partial charge on any atom is -0.389 e. The third kappa shape index (κ3) is 4.15. The molecule has 112 valence electrons. The molecule has 7 heteroatoms. The number of hydrogen-bond acceptors (Lipinski definition) is 3. The van der Waals surface area contributed by atoms with Gasteiger partial charge in [0, 0.05) is 11.6 Å². The van der Waals surface area contributed by atoms with E-state index >= 15 is 0 Å². The zero-order valence-electron chi connectivity index (χ0n) is 11.9. The molecule has 4 nitrogen and oxygen atoms in total. The Morgan fingerprint density at radius 2 is 1.95 bits per heavy atom. The summed E-state index contributed by atoms with van der Waals surface area (Å²) >= 11 is 10.8. The number of nitrogens with one attached hydrogen (secondary N) is 1. The summed E-state index contributed by atoms with van der Waals surface area (Å²) in [5, 5.41) is 0.138. The van der Waals surface area contributed by atoms with Gasteiger partial charge in [0.2, 0.25) is 10.0 Å². The molecular formula is C13H19ClN2O2S2. The van der Waals surface area contributed by atoms with E-state index in [1.54, 1.807) is 6.07 Å². The highest BCUT2D eigenvalue weighted by molar-refractivity contribution is 7.89. The van der Waals surface area contributed by atoms with Crippen molar-refractivity contribution in [3.63, 3.8) is 0 Å². The number of thiocarbonyl (C=S) groups is 1. The zero-order valence-corrected chi connectivity index (χ0v) is 14.3. The number of halogens is 1. The Balaban J connectivity index is 3.22. The molecule has 0 aromatic heterocycles. The smallest absolute Gasteiger partial charge is 0.242 e. The van der Waals surface area contributed by atoms with Gasteiger partial charge in [0.15, 0.2) is 0 Å². The summed E-state index contributed by atoms with van der Waals surface area (Å²) in [4.78, 5) is 0.113. The first-order valence-corrected chi connectivity index (χ1v) is 8.34. The van der Waals surface area contributed by atoms with E-state index in [0.29, 0.717) is 5.56 Å². The van der Waals surface area contributed by atoms with Crippen molar-refractivity contribution in [1.82, 2.24) is 4.72 Å². The van der Waals surface area contributed by atoms with Gasteiger partial charge in [0.25, 0.3) is 0 Å². The van der Waals surface area contributed by atoms with E-state index in [1.165, 1.54) is 12.1 Å². The first-order chi connectivity index (χ1) is 8.95. The standard InChI is InChI=1S/C13H19ClN2O2S2/c1-8(13(2,3)4)16-20(17,18)11-7-9(12(15)19)5-6-10(11)14/h5-8,16H,1-4H3,(H2,15,19). The van der Waals surface area contributed by atoms with Gasteiger partial charge < -0.3 is 5.73 Å². The van der Waals surface area contributed by atoms with Crippen LogP contribution in [-0.2, 0) is 10.0 Å². The van der Waals surface area contributed by atoms with Gasteiger partial charge in [-0.1, -0.05) is 50.7 Å². The Morgan fingerprint density at radius 3 is 2.40 bits per heavy atom. The van der Waals surface area contributed by atoms with E-state index in [9.17, 15) is 8.42 Å². The van der Waals surface area contributed by atoms with Crippen LogP contribution in [0.1, 0.15) is 33.3 Å². The summed E-state index contributed by atoms with van der Waals surface area (Å²) in [6, 6.07) is 4.21. The quantitative estimate of drug-likeness (QED) is 0.830. The molecule has 0 heterocycles. The SMILES string of the molecule is CC(NS(=O)(=O)c1cc(C(N)=S)ccc1Cl)C(C)(C)C. The number of hydrogen-bond donors (Lipinski definition) is 2. The molecule has 0 aliphatic heterocycles. The molecule has 3 N–H and O–H groups in total. The van der Waals surface area contributed by atoms with Crippen molar-refractivity contribution in [2.24, 2.45) is 11.1 Å². The van der Waals surface area contributed by atoms with Crippen LogP contribution in [-0.4, -0.2) is 19.4 Å². The van der Waals surface area contributed by atoms with Crippen LogP contribution in [0.15, 0.2) is 23.1 Å². The van der Waals surface area contributed by atoms with Crippen molar-refractivity contribution < 1.29 is 8.42 Å². The summed E-state index contributed by atoms with van der Waals surface area (Å²) in [6.07, 6.45) is 0. The van der Waals surface area contributed by atoms with Gasteiger partial charge in [0.1, 0.15) is 9.88 Å². The van der Waals surface area contributed by atoms with E-state index in [0.717, 1.165) is 0 Å². The highest BCUT2D eigenvalue weighted by Crippen LogP contribution is 2.25. The zero-order chi connectivity index (χ0) is 15.7. The molecule has 0 fully saturated rings. The Bertz CT molecular complexity index is 622. The molecule has 0 spiro atoms. The Hall–Kier alpha value is -0.690. The van der Waals surface area contributed by atoms with Crippen LogP contribution in [0.5, 0.6) is 0 Å². The van der Waals surface area contributed by atoms with Gasteiger partial charge >= 0.3 is 0 Å². The number of nitrogens with two attached hydrogens (primary N) is 1. The lowest BCUT2D eigenvalue weighted by Crippen LogP contribution is -2.41. The number of benzene rings is 1. The average molecular weight is 335 g/mol. The molecule has 1 unspecified atom stereocenters. The molecule has 1 rings (SSSR count). The minimum absolute atomic E-state index is 0.0134.